The maximum Gasteiger partial charge on any atom is 0.237 e. The number of anilines is 1. The van der Waals surface area contributed by atoms with Crippen LogP contribution in [-0.4, -0.2) is 24.2 Å². The van der Waals surface area contributed by atoms with Gasteiger partial charge in [0.2, 0.25) is 5.91 Å². The SMILES string of the molecule is CN1C(=O)C2(CC(C=O)C2)c2c1cnc1cc(F)c(Br)cc21. The zero-order valence-electron chi connectivity index (χ0n) is 11.8. The van der Waals surface area contributed by atoms with Crippen molar-refractivity contribution in [2.45, 2.75) is 18.3 Å². The summed E-state index contributed by atoms with van der Waals surface area (Å²) in [5, 5.41) is 0.771. The van der Waals surface area contributed by atoms with Crippen LogP contribution in [0.1, 0.15) is 18.4 Å². The number of benzene rings is 1. The number of aromatic nitrogens is 1. The van der Waals surface area contributed by atoms with Crippen molar-refractivity contribution in [2.75, 3.05) is 11.9 Å². The highest BCUT2D eigenvalue weighted by molar-refractivity contribution is 9.10. The lowest BCUT2D eigenvalue weighted by Gasteiger charge is -2.41. The minimum absolute atomic E-state index is 0.00431. The number of carbonyl (C=O) groups is 2. The maximum absolute atomic E-state index is 13.7. The van der Waals surface area contributed by atoms with Gasteiger partial charge in [0.05, 0.1) is 27.3 Å². The smallest absolute Gasteiger partial charge is 0.237 e. The van der Waals surface area contributed by atoms with Gasteiger partial charge in [-0.2, -0.15) is 0 Å². The van der Waals surface area contributed by atoms with Crippen LogP contribution in [0.5, 0.6) is 0 Å². The van der Waals surface area contributed by atoms with Crippen molar-refractivity contribution in [2.24, 2.45) is 5.92 Å². The van der Waals surface area contributed by atoms with Crippen molar-refractivity contribution in [1.29, 1.82) is 0 Å². The molecule has 1 saturated carbocycles. The number of hydrogen-bond acceptors (Lipinski definition) is 3. The summed E-state index contributed by atoms with van der Waals surface area (Å²) in [5.41, 5.74) is 1.49. The summed E-state index contributed by atoms with van der Waals surface area (Å²) >= 11 is 3.20. The first-order chi connectivity index (χ1) is 10.5. The first kappa shape index (κ1) is 13.8. The van der Waals surface area contributed by atoms with Gasteiger partial charge in [0.15, 0.2) is 0 Å². The normalized spacial score (nSPS) is 26.4. The number of fused-ring (bicyclic) bond motifs is 4. The van der Waals surface area contributed by atoms with Crippen LogP contribution in [0.15, 0.2) is 22.8 Å². The molecule has 1 aliphatic heterocycles. The number of amides is 1. The van der Waals surface area contributed by atoms with Crippen molar-refractivity contribution >= 4 is 44.7 Å². The lowest BCUT2D eigenvalue weighted by Crippen LogP contribution is -2.49. The van der Waals surface area contributed by atoms with Gasteiger partial charge in [0.25, 0.3) is 0 Å². The van der Waals surface area contributed by atoms with E-state index in [1.807, 2.05) is 0 Å². The third-order valence-electron chi connectivity index (χ3n) is 4.86. The van der Waals surface area contributed by atoms with Gasteiger partial charge >= 0.3 is 0 Å². The number of pyridine rings is 1. The molecule has 2 aromatic rings. The molecule has 2 aliphatic rings. The van der Waals surface area contributed by atoms with Crippen LogP contribution in [0.2, 0.25) is 0 Å². The van der Waals surface area contributed by atoms with E-state index in [4.69, 9.17) is 0 Å². The molecule has 112 valence electrons. The molecule has 2 heterocycles. The van der Waals surface area contributed by atoms with Gasteiger partial charge in [-0.15, -0.1) is 0 Å². The average Bonchev–Trinajstić information content (AvgIpc) is 2.68. The topological polar surface area (TPSA) is 50.3 Å². The van der Waals surface area contributed by atoms with Gasteiger partial charge in [-0.3, -0.25) is 9.78 Å². The molecule has 22 heavy (non-hydrogen) atoms. The van der Waals surface area contributed by atoms with E-state index in [0.29, 0.717) is 22.8 Å². The van der Waals surface area contributed by atoms with Gasteiger partial charge in [-0.1, -0.05) is 0 Å². The third-order valence-corrected chi connectivity index (χ3v) is 5.47. The number of halogens is 2. The Bertz CT molecular complexity index is 846. The van der Waals surface area contributed by atoms with Crippen LogP contribution in [0, 0.1) is 11.7 Å². The number of carbonyl (C=O) groups excluding carboxylic acids is 2. The highest BCUT2D eigenvalue weighted by atomic mass is 79.9. The Balaban J connectivity index is 2.02. The van der Waals surface area contributed by atoms with Crippen molar-refractivity contribution in [3.05, 3.63) is 34.2 Å². The summed E-state index contributed by atoms with van der Waals surface area (Å²) in [6.07, 6.45) is 3.56. The molecule has 1 spiro atoms. The first-order valence-electron chi connectivity index (χ1n) is 6.99. The fourth-order valence-corrected chi connectivity index (χ4v) is 4.12. The van der Waals surface area contributed by atoms with E-state index in [9.17, 15) is 14.0 Å². The van der Waals surface area contributed by atoms with Gasteiger partial charge in [0.1, 0.15) is 12.1 Å². The summed E-state index contributed by atoms with van der Waals surface area (Å²) in [4.78, 5) is 29.6. The van der Waals surface area contributed by atoms with Crippen LogP contribution in [0.3, 0.4) is 0 Å². The van der Waals surface area contributed by atoms with Gasteiger partial charge in [-0.25, -0.2) is 4.39 Å². The Labute approximate surface area is 134 Å². The van der Waals surface area contributed by atoms with E-state index in [0.717, 1.165) is 22.9 Å². The fourth-order valence-electron chi connectivity index (χ4n) is 3.78. The average molecular weight is 363 g/mol. The Hall–Kier alpha value is -1.82. The Kier molecular flexibility index (Phi) is 2.73. The molecular weight excluding hydrogens is 351 g/mol. The lowest BCUT2D eigenvalue weighted by atomic mass is 9.59. The number of rotatable bonds is 1. The van der Waals surface area contributed by atoms with Crippen LogP contribution in [0.25, 0.3) is 10.9 Å². The van der Waals surface area contributed by atoms with E-state index in [1.54, 1.807) is 24.2 Å². The van der Waals surface area contributed by atoms with Crippen molar-refractivity contribution < 1.29 is 14.0 Å². The van der Waals surface area contributed by atoms with Crippen molar-refractivity contribution in [3.8, 4) is 0 Å². The summed E-state index contributed by atoms with van der Waals surface area (Å²) in [6, 6.07) is 3.05. The summed E-state index contributed by atoms with van der Waals surface area (Å²) in [6.45, 7) is 0. The molecule has 1 aromatic carbocycles. The van der Waals surface area contributed by atoms with E-state index >= 15 is 0 Å². The molecule has 0 bridgehead atoms. The first-order valence-corrected chi connectivity index (χ1v) is 7.79. The molecule has 6 heteroatoms. The number of hydrogen-bond donors (Lipinski definition) is 0. The summed E-state index contributed by atoms with van der Waals surface area (Å²) in [7, 11) is 1.72. The molecule has 0 saturated heterocycles. The van der Waals surface area contributed by atoms with E-state index < -0.39 is 5.41 Å². The molecule has 4 rings (SSSR count). The zero-order valence-corrected chi connectivity index (χ0v) is 13.4. The highest BCUT2D eigenvalue weighted by Gasteiger charge is 2.58. The van der Waals surface area contributed by atoms with Crippen LogP contribution in [0.4, 0.5) is 10.1 Å². The molecule has 0 N–H and O–H groups in total. The third kappa shape index (κ3) is 1.53. The molecule has 4 nitrogen and oxygen atoms in total. The minimum Gasteiger partial charge on any atom is -0.313 e. The monoisotopic (exact) mass is 362 g/mol. The fraction of sp³-hybridized carbons (Fsp3) is 0.312. The standard InChI is InChI=1S/C16H12BrFN2O2/c1-20-13-6-19-12-3-11(18)10(17)2-9(12)14(13)16(15(20)22)4-8(5-16)7-21/h2-3,6-8H,4-5H2,1H3. The number of likely N-dealkylation sites (N-methyl/N-ethyl adjacent to an activating group) is 1. The molecule has 1 amide bonds. The summed E-state index contributed by atoms with van der Waals surface area (Å²) < 4.78 is 14.1. The zero-order chi connectivity index (χ0) is 15.6. The number of aldehydes is 1. The second kappa shape index (κ2) is 4.35. The quantitative estimate of drug-likeness (QED) is 0.732. The van der Waals surface area contributed by atoms with E-state index in [1.165, 1.54) is 6.07 Å². The predicted molar refractivity (Wildman–Crippen MR) is 83.3 cm³/mol. The molecule has 0 radical (unpaired) electrons. The Morgan fingerprint density at radius 2 is 2.18 bits per heavy atom. The second-order valence-electron chi connectivity index (χ2n) is 6.05. The van der Waals surface area contributed by atoms with E-state index in [-0.39, 0.29) is 17.6 Å². The molecule has 1 aromatic heterocycles. The largest absolute Gasteiger partial charge is 0.313 e. The molecule has 0 atom stereocenters. The van der Waals surface area contributed by atoms with Gasteiger partial charge < -0.3 is 9.69 Å². The van der Waals surface area contributed by atoms with E-state index in [2.05, 4.69) is 20.9 Å². The summed E-state index contributed by atoms with van der Waals surface area (Å²) in [5.74, 6) is -0.475. The van der Waals surface area contributed by atoms with Crippen LogP contribution < -0.4 is 4.90 Å². The van der Waals surface area contributed by atoms with Gasteiger partial charge in [0, 0.05) is 30.0 Å². The van der Waals surface area contributed by atoms with Crippen molar-refractivity contribution in [3.63, 3.8) is 0 Å². The molecule has 0 unspecified atom stereocenters. The highest BCUT2D eigenvalue weighted by Crippen LogP contribution is 2.56. The Morgan fingerprint density at radius 3 is 2.86 bits per heavy atom. The van der Waals surface area contributed by atoms with Gasteiger partial charge in [-0.05, 0) is 34.8 Å². The van der Waals surface area contributed by atoms with Crippen LogP contribution in [-0.2, 0) is 15.0 Å². The lowest BCUT2D eigenvalue weighted by molar-refractivity contribution is -0.130. The molecule has 1 fully saturated rings. The van der Waals surface area contributed by atoms with Crippen molar-refractivity contribution in [1.82, 2.24) is 4.98 Å². The molecular formula is C16H12BrFN2O2. The minimum atomic E-state index is -0.659. The van der Waals surface area contributed by atoms with Crippen LogP contribution >= 0.6 is 15.9 Å². The number of nitrogens with zero attached hydrogens (tertiary/aromatic N) is 2. The molecule has 1 aliphatic carbocycles. The second-order valence-corrected chi connectivity index (χ2v) is 6.91. The maximum atomic E-state index is 13.7. The Morgan fingerprint density at radius 1 is 1.45 bits per heavy atom. The predicted octanol–water partition coefficient (Wildman–Crippen LogP) is 2.96.